The molecular formula is C13H15F3O3. The Bertz CT molecular complexity index is 453. The van der Waals surface area contributed by atoms with Crippen LogP contribution in [0.1, 0.15) is 36.2 Å². The summed E-state index contributed by atoms with van der Waals surface area (Å²) >= 11 is 0. The fourth-order valence-electron chi connectivity index (χ4n) is 1.69. The average Bonchev–Trinajstić information content (AvgIpc) is 2.26. The van der Waals surface area contributed by atoms with Gasteiger partial charge in [0.25, 0.3) is 0 Å². The summed E-state index contributed by atoms with van der Waals surface area (Å²) in [5, 5.41) is 9.89. The number of hydrogen-bond acceptors (Lipinski definition) is 3. The fraction of sp³-hybridized carbons (Fsp3) is 0.462. The van der Waals surface area contributed by atoms with E-state index in [1.54, 1.807) is 6.92 Å². The van der Waals surface area contributed by atoms with Crippen molar-refractivity contribution in [2.24, 2.45) is 0 Å². The molecule has 0 aliphatic rings. The third-order valence-corrected chi connectivity index (χ3v) is 2.54. The van der Waals surface area contributed by atoms with Crippen LogP contribution in [0, 0.1) is 0 Å². The second-order valence-corrected chi connectivity index (χ2v) is 4.37. The van der Waals surface area contributed by atoms with Crippen LogP contribution in [0.4, 0.5) is 13.2 Å². The van der Waals surface area contributed by atoms with Crippen LogP contribution in [0.3, 0.4) is 0 Å². The molecule has 0 aromatic heterocycles. The molecule has 0 saturated carbocycles. The van der Waals surface area contributed by atoms with Gasteiger partial charge in [-0.15, -0.1) is 0 Å². The average molecular weight is 276 g/mol. The summed E-state index contributed by atoms with van der Waals surface area (Å²) in [4.78, 5) is 11.5. The van der Waals surface area contributed by atoms with Crippen LogP contribution >= 0.6 is 0 Å². The molecule has 0 heterocycles. The minimum Gasteiger partial charge on any atom is -0.462 e. The van der Waals surface area contributed by atoms with Crippen molar-refractivity contribution >= 4 is 5.97 Å². The minimum absolute atomic E-state index is 0.0235. The summed E-state index contributed by atoms with van der Waals surface area (Å²) in [5.41, 5.74) is -1.95. The van der Waals surface area contributed by atoms with Crippen molar-refractivity contribution in [3.8, 4) is 0 Å². The van der Waals surface area contributed by atoms with Gasteiger partial charge in [-0.1, -0.05) is 12.1 Å². The Morgan fingerprint density at radius 2 is 2.00 bits per heavy atom. The van der Waals surface area contributed by atoms with Gasteiger partial charge in [-0.25, -0.2) is 4.79 Å². The first-order chi connectivity index (χ1) is 8.65. The standard InChI is InChI=1S/C13H15F3O3/c1-3-19-11(17)9-5-4-6-10(7-9)12(2,18)8-13(14,15)16/h4-7,18H,3,8H2,1-2H3. The highest BCUT2D eigenvalue weighted by molar-refractivity contribution is 5.89. The van der Waals surface area contributed by atoms with E-state index in [0.717, 1.165) is 6.92 Å². The van der Waals surface area contributed by atoms with Crippen molar-refractivity contribution < 1.29 is 27.8 Å². The maximum Gasteiger partial charge on any atom is 0.392 e. The molecule has 0 saturated heterocycles. The molecule has 0 radical (unpaired) electrons. The second kappa shape index (κ2) is 5.61. The third-order valence-electron chi connectivity index (χ3n) is 2.54. The highest BCUT2D eigenvalue weighted by Gasteiger charge is 2.39. The number of hydrogen-bond donors (Lipinski definition) is 1. The summed E-state index contributed by atoms with van der Waals surface area (Å²) in [7, 11) is 0. The molecule has 1 N–H and O–H groups in total. The number of benzene rings is 1. The number of halogens is 3. The Morgan fingerprint density at radius 3 is 2.53 bits per heavy atom. The summed E-state index contributed by atoms with van der Waals surface area (Å²) in [6.07, 6.45) is -5.88. The number of rotatable bonds is 4. The number of ether oxygens (including phenoxy) is 1. The van der Waals surface area contributed by atoms with Gasteiger partial charge in [-0.3, -0.25) is 0 Å². The predicted octanol–water partition coefficient (Wildman–Crippen LogP) is 3.02. The number of carbonyl (C=O) groups is 1. The van der Waals surface area contributed by atoms with E-state index in [2.05, 4.69) is 0 Å². The molecule has 0 bridgehead atoms. The van der Waals surface area contributed by atoms with E-state index in [1.165, 1.54) is 24.3 Å². The van der Waals surface area contributed by atoms with Crippen molar-refractivity contribution in [2.45, 2.75) is 32.0 Å². The highest BCUT2D eigenvalue weighted by atomic mass is 19.4. The fourth-order valence-corrected chi connectivity index (χ4v) is 1.69. The number of carbonyl (C=O) groups excluding carboxylic acids is 1. The molecule has 3 nitrogen and oxygen atoms in total. The van der Waals surface area contributed by atoms with Gasteiger partial charge < -0.3 is 9.84 Å². The first-order valence-electron chi connectivity index (χ1n) is 5.72. The van der Waals surface area contributed by atoms with Crippen molar-refractivity contribution in [3.05, 3.63) is 35.4 Å². The topological polar surface area (TPSA) is 46.5 Å². The molecule has 0 spiro atoms. The third kappa shape index (κ3) is 4.55. The summed E-state index contributed by atoms with van der Waals surface area (Å²) in [6.45, 7) is 2.86. The summed E-state index contributed by atoms with van der Waals surface area (Å²) < 4.78 is 41.8. The molecule has 1 aromatic rings. The molecule has 19 heavy (non-hydrogen) atoms. The van der Waals surface area contributed by atoms with E-state index in [4.69, 9.17) is 4.74 Å². The number of alkyl halides is 3. The van der Waals surface area contributed by atoms with Crippen molar-refractivity contribution in [3.63, 3.8) is 0 Å². The molecule has 1 atom stereocenters. The van der Waals surface area contributed by atoms with E-state index in [-0.39, 0.29) is 17.7 Å². The molecule has 6 heteroatoms. The Hall–Kier alpha value is -1.56. The molecule has 1 aromatic carbocycles. The monoisotopic (exact) mass is 276 g/mol. The van der Waals surface area contributed by atoms with Crippen LogP contribution in [0.5, 0.6) is 0 Å². The Kier molecular flexibility index (Phi) is 4.57. The normalized spacial score (nSPS) is 14.8. The molecule has 0 fully saturated rings. The number of esters is 1. The maximum atomic E-state index is 12.4. The van der Waals surface area contributed by atoms with Gasteiger partial charge >= 0.3 is 12.1 Å². The molecule has 0 aliphatic carbocycles. The zero-order valence-corrected chi connectivity index (χ0v) is 10.6. The lowest BCUT2D eigenvalue weighted by Crippen LogP contribution is -2.29. The molecule has 1 rings (SSSR count). The summed E-state index contributed by atoms with van der Waals surface area (Å²) in [5.74, 6) is -0.632. The molecule has 0 amide bonds. The van der Waals surface area contributed by atoms with Crippen LogP contribution in [-0.2, 0) is 10.3 Å². The largest absolute Gasteiger partial charge is 0.462 e. The predicted molar refractivity (Wildman–Crippen MR) is 62.6 cm³/mol. The van der Waals surface area contributed by atoms with Crippen LogP contribution in [0.25, 0.3) is 0 Å². The first kappa shape index (κ1) is 15.5. The van der Waals surface area contributed by atoms with E-state index in [0.29, 0.717) is 0 Å². The van der Waals surface area contributed by atoms with E-state index >= 15 is 0 Å². The smallest absolute Gasteiger partial charge is 0.392 e. The van der Waals surface area contributed by atoms with Crippen LogP contribution in [0.15, 0.2) is 24.3 Å². The van der Waals surface area contributed by atoms with Gasteiger partial charge in [0.1, 0.15) is 0 Å². The highest BCUT2D eigenvalue weighted by Crippen LogP contribution is 2.34. The lowest BCUT2D eigenvalue weighted by atomic mass is 9.91. The second-order valence-electron chi connectivity index (χ2n) is 4.37. The van der Waals surface area contributed by atoms with Crippen molar-refractivity contribution in [2.75, 3.05) is 6.61 Å². The van der Waals surface area contributed by atoms with E-state index in [9.17, 15) is 23.1 Å². The van der Waals surface area contributed by atoms with Crippen LogP contribution in [-0.4, -0.2) is 23.9 Å². The molecule has 1 unspecified atom stereocenters. The molecular weight excluding hydrogens is 261 g/mol. The van der Waals surface area contributed by atoms with Gasteiger partial charge in [-0.05, 0) is 31.5 Å². The number of aliphatic hydroxyl groups is 1. The van der Waals surface area contributed by atoms with Gasteiger partial charge in [0.05, 0.1) is 24.2 Å². The van der Waals surface area contributed by atoms with Crippen molar-refractivity contribution in [1.82, 2.24) is 0 Å². The van der Waals surface area contributed by atoms with Gasteiger partial charge in [0.15, 0.2) is 0 Å². The van der Waals surface area contributed by atoms with Gasteiger partial charge in [-0.2, -0.15) is 13.2 Å². The first-order valence-corrected chi connectivity index (χ1v) is 5.72. The Morgan fingerprint density at radius 1 is 1.37 bits per heavy atom. The van der Waals surface area contributed by atoms with E-state index in [1.807, 2.05) is 0 Å². The van der Waals surface area contributed by atoms with Gasteiger partial charge in [0.2, 0.25) is 0 Å². The van der Waals surface area contributed by atoms with Crippen LogP contribution in [0.2, 0.25) is 0 Å². The quantitative estimate of drug-likeness (QED) is 0.860. The summed E-state index contributed by atoms with van der Waals surface area (Å²) in [6, 6.07) is 5.38. The van der Waals surface area contributed by atoms with Gasteiger partial charge in [0, 0.05) is 0 Å². The van der Waals surface area contributed by atoms with E-state index < -0.39 is 24.2 Å². The molecule has 106 valence electrons. The zero-order valence-electron chi connectivity index (χ0n) is 10.6. The zero-order chi connectivity index (χ0) is 14.7. The minimum atomic E-state index is -4.50. The lowest BCUT2D eigenvalue weighted by Gasteiger charge is -2.25. The maximum absolute atomic E-state index is 12.4. The Balaban J connectivity index is 3.01. The van der Waals surface area contributed by atoms with Crippen LogP contribution < -0.4 is 0 Å². The SMILES string of the molecule is CCOC(=O)c1cccc(C(C)(O)CC(F)(F)F)c1. The van der Waals surface area contributed by atoms with Crippen molar-refractivity contribution in [1.29, 1.82) is 0 Å². The lowest BCUT2D eigenvalue weighted by molar-refractivity contribution is -0.174. The Labute approximate surface area is 109 Å². The molecule has 0 aliphatic heterocycles.